The molecule has 0 spiro atoms. The molecular formula is C44H50N2. The Morgan fingerprint density at radius 1 is 0.826 bits per heavy atom. The number of anilines is 1. The number of benzene rings is 1. The van der Waals surface area contributed by atoms with Crippen LogP contribution in [0.15, 0.2) is 96.2 Å². The van der Waals surface area contributed by atoms with Gasteiger partial charge in [0.15, 0.2) is 0 Å². The van der Waals surface area contributed by atoms with Gasteiger partial charge in [0.05, 0.1) is 12.1 Å². The Morgan fingerprint density at radius 3 is 2.63 bits per heavy atom. The number of aromatic nitrogens is 1. The summed E-state index contributed by atoms with van der Waals surface area (Å²) >= 11 is 0. The summed E-state index contributed by atoms with van der Waals surface area (Å²) in [6, 6.07) is 9.91. The Morgan fingerprint density at radius 2 is 1.76 bits per heavy atom. The third-order valence-corrected chi connectivity index (χ3v) is 12.7. The van der Waals surface area contributed by atoms with E-state index in [2.05, 4.69) is 121 Å². The number of nitrogens with zero attached hydrogens (tertiary/aromatic N) is 1. The first-order chi connectivity index (χ1) is 22.6. The van der Waals surface area contributed by atoms with E-state index in [1.165, 1.54) is 67.3 Å². The normalized spacial score (nSPS) is 35.5. The predicted molar refractivity (Wildman–Crippen MR) is 194 cm³/mol. The van der Waals surface area contributed by atoms with Gasteiger partial charge in [-0.25, -0.2) is 0 Å². The van der Waals surface area contributed by atoms with E-state index in [9.17, 15) is 0 Å². The van der Waals surface area contributed by atoms with Crippen molar-refractivity contribution >= 4 is 17.8 Å². The van der Waals surface area contributed by atoms with Crippen LogP contribution in [0.1, 0.15) is 111 Å². The minimum absolute atomic E-state index is 0.424. The first-order valence-corrected chi connectivity index (χ1v) is 18.5. The van der Waals surface area contributed by atoms with Gasteiger partial charge in [0.25, 0.3) is 0 Å². The number of hydrogen-bond donors (Lipinski definition) is 1. The van der Waals surface area contributed by atoms with Crippen molar-refractivity contribution in [2.24, 2.45) is 29.6 Å². The van der Waals surface area contributed by atoms with Crippen LogP contribution in [-0.4, -0.2) is 10.6 Å². The molecule has 2 aromatic rings. The maximum absolute atomic E-state index is 3.83. The Labute approximate surface area is 276 Å². The molecule has 236 valence electrons. The fourth-order valence-corrected chi connectivity index (χ4v) is 10.4. The summed E-state index contributed by atoms with van der Waals surface area (Å²) in [7, 11) is 0. The van der Waals surface area contributed by atoms with Crippen LogP contribution >= 0.6 is 0 Å². The van der Waals surface area contributed by atoms with Gasteiger partial charge in [-0.2, -0.15) is 0 Å². The summed E-state index contributed by atoms with van der Waals surface area (Å²) < 4.78 is 2.94. The fraction of sp³-hybridized carbons (Fsp3) is 0.455. The quantitative estimate of drug-likeness (QED) is 0.343. The van der Waals surface area contributed by atoms with E-state index in [1.807, 2.05) is 0 Å². The average molecular weight is 607 g/mol. The van der Waals surface area contributed by atoms with E-state index in [0.717, 1.165) is 12.8 Å². The van der Waals surface area contributed by atoms with Gasteiger partial charge < -0.3 is 9.88 Å². The molecule has 0 saturated carbocycles. The average Bonchev–Trinajstić information content (AvgIpc) is 3.64. The molecule has 7 aliphatic rings. The molecule has 0 saturated heterocycles. The van der Waals surface area contributed by atoms with Crippen molar-refractivity contribution < 1.29 is 0 Å². The number of hydrogen-bond acceptors (Lipinski definition) is 1. The molecule has 0 fully saturated rings. The number of rotatable bonds is 4. The van der Waals surface area contributed by atoms with E-state index in [-0.39, 0.29) is 0 Å². The molecule has 0 radical (unpaired) electrons. The molecule has 6 aliphatic carbocycles. The third-order valence-electron chi connectivity index (χ3n) is 12.7. The maximum atomic E-state index is 3.83. The molecular weight excluding hydrogens is 556 g/mol. The van der Waals surface area contributed by atoms with Gasteiger partial charge in [-0.3, -0.25) is 0 Å². The van der Waals surface area contributed by atoms with Gasteiger partial charge in [-0.1, -0.05) is 111 Å². The maximum Gasteiger partial charge on any atom is 0.0525 e. The lowest BCUT2D eigenvalue weighted by Gasteiger charge is -2.40. The highest BCUT2D eigenvalue weighted by Crippen LogP contribution is 2.53. The molecule has 1 aliphatic heterocycles. The molecule has 0 bridgehead atoms. The Hall–Kier alpha value is -3.52. The summed E-state index contributed by atoms with van der Waals surface area (Å²) in [4.78, 5) is 0. The van der Waals surface area contributed by atoms with E-state index >= 15 is 0 Å². The van der Waals surface area contributed by atoms with E-state index in [0.29, 0.717) is 53.5 Å². The summed E-state index contributed by atoms with van der Waals surface area (Å²) in [6.07, 6.45) is 41.2. The second kappa shape index (κ2) is 11.6. The zero-order chi connectivity index (χ0) is 30.8. The lowest BCUT2D eigenvalue weighted by molar-refractivity contribution is 0.325. The Kier molecular flexibility index (Phi) is 7.25. The third kappa shape index (κ3) is 4.81. The van der Waals surface area contributed by atoms with Crippen LogP contribution in [0.25, 0.3) is 12.2 Å². The van der Waals surface area contributed by atoms with E-state index in [1.54, 1.807) is 22.5 Å². The van der Waals surface area contributed by atoms with Gasteiger partial charge in [0.2, 0.25) is 0 Å². The highest BCUT2D eigenvalue weighted by Gasteiger charge is 2.43. The zero-order valence-corrected chi connectivity index (χ0v) is 27.7. The van der Waals surface area contributed by atoms with Crippen LogP contribution in [0.2, 0.25) is 0 Å². The van der Waals surface area contributed by atoms with Gasteiger partial charge in [-0.05, 0) is 105 Å². The van der Waals surface area contributed by atoms with Crippen molar-refractivity contribution in [1.82, 2.24) is 4.57 Å². The topological polar surface area (TPSA) is 17.0 Å². The second-order valence-electron chi connectivity index (χ2n) is 15.6. The smallest absolute Gasteiger partial charge is 0.0525 e. The standard InChI is InChI=1S/C44H50N2/c1-28-16-19-31(20-17-28)34-24-33(30-10-4-3-5-11-30)25-35(26-34)46-42-15-9-7-13-37(42)38-22-18-29(2)43(44(38)46)32-21-23-41-39(27-32)36-12-6-8-14-40(36)45-41/h3-4,6-8,12-14,16,18-23,25,28-30,32,34-35,39,41,43,45H,5,9-11,15,17,24,26-27H2,1-2H3. The van der Waals surface area contributed by atoms with Gasteiger partial charge in [0, 0.05) is 40.0 Å². The van der Waals surface area contributed by atoms with Crippen LogP contribution in [0.4, 0.5) is 5.69 Å². The predicted octanol–water partition coefficient (Wildman–Crippen LogP) is 11.1. The SMILES string of the molecule is CC1C=CC(C2CC(C3CC=CCC3)=CC(n3c4c(c5c3C(C3C=CC6Nc7ccccc7C6C3)C(C)C=C5)C=CCC4)C2)=CC1. The first-order valence-electron chi connectivity index (χ1n) is 18.5. The van der Waals surface area contributed by atoms with Crippen molar-refractivity contribution in [1.29, 1.82) is 0 Å². The Balaban J connectivity index is 1.15. The Bertz CT molecular complexity index is 1730. The van der Waals surface area contributed by atoms with Crippen LogP contribution in [-0.2, 0) is 6.42 Å². The molecule has 1 aromatic carbocycles. The monoisotopic (exact) mass is 606 g/mol. The largest absolute Gasteiger partial charge is 0.378 e. The van der Waals surface area contributed by atoms with Crippen molar-refractivity contribution in [3.63, 3.8) is 0 Å². The number of nitrogens with one attached hydrogen (secondary N) is 1. The minimum atomic E-state index is 0.424. The fourth-order valence-electron chi connectivity index (χ4n) is 10.4. The van der Waals surface area contributed by atoms with Crippen molar-refractivity contribution in [2.45, 2.75) is 95.6 Å². The molecule has 1 aromatic heterocycles. The molecule has 1 N–H and O–H groups in total. The molecule has 9 rings (SSSR count). The number of allylic oxidation sites excluding steroid dienone is 11. The summed E-state index contributed by atoms with van der Waals surface area (Å²) in [5.74, 6) is 4.07. The summed E-state index contributed by atoms with van der Waals surface area (Å²) in [5.41, 5.74) is 12.5. The van der Waals surface area contributed by atoms with Crippen LogP contribution in [0.3, 0.4) is 0 Å². The summed E-state index contributed by atoms with van der Waals surface area (Å²) in [5, 5.41) is 3.83. The van der Waals surface area contributed by atoms with Crippen LogP contribution < -0.4 is 5.32 Å². The highest BCUT2D eigenvalue weighted by molar-refractivity contribution is 5.74. The van der Waals surface area contributed by atoms with Gasteiger partial charge in [-0.15, -0.1) is 0 Å². The van der Waals surface area contributed by atoms with Gasteiger partial charge >= 0.3 is 0 Å². The lowest BCUT2D eigenvalue weighted by atomic mass is 9.68. The van der Waals surface area contributed by atoms with E-state index in [4.69, 9.17) is 0 Å². The molecule has 9 unspecified atom stereocenters. The molecule has 2 heterocycles. The van der Waals surface area contributed by atoms with Gasteiger partial charge in [0.1, 0.15) is 0 Å². The molecule has 2 heteroatoms. The zero-order valence-electron chi connectivity index (χ0n) is 27.7. The summed E-state index contributed by atoms with van der Waals surface area (Å²) in [6.45, 7) is 4.85. The second-order valence-corrected chi connectivity index (χ2v) is 15.6. The first kappa shape index (κ1) is 28.7. The molecule has 0 amide bonds. The molecule has 9 atom stereocenters. The molecule has 2 nitrogen and oxygen atoms in total. The van der Waals surface area contributed by atoms with Crippen molar-refractivity contribution in [3.05, 3.63) is 124 Å². The lowest BCUT2D eigenvalue weighted by Crippen LogP contribution is -2.32. The highest BCUT2D eigenvalue weighted by atomic mass is 15.1. The van der Waals surface area contributed by atoms with Crippen molar-refractivity contribution in [2.75, 3.05) is 5.32 Å². The van der Waals surface area contributed by atoms with Crippen LogP contribution in [0.5, 0.6) is 0 Å². The van der Waals surface area contributed by atoms with Crippen molar-refractivity contribution in [3.8, 4) is 0 Å². The number of para-hydroxylation sites is 1. The minimum Gasteiger partial charge on any atom is -0.378 e. The van der Waals surface area contributed by atoms with Crippen LogP contribution in [0, 0.1) is 29.6 Å². The molecule has 46 heavy (non-hydrogen) atoms. The van der Waals surface area contributed by atoms with E-state index < -0.39 is 0 Å². The number of fused-ring (bicyclic) bond motifs is 6.